The summed E-state index contributed by atoms with van der Waals surface area (Å²) in [6.45, 7) is 0.465. The Morgan fingerprint density at radius 3 is 2.37 bits per heavy atom. The third-order valence-electron chi connectivity index (χ3n) is 4.35. The summed E-state index contributed by atoms with van der Waals surface area (Å²) in [7, 11) is 0. The molecule has 4 nitrogen and oxygen atoms in total. The van der Waals surface area contributed by atoms with E-state index in [1.807, 2.05) is 0 Å². The van der Waals surface area contributed by atoms with Crippen LogP contribution in [0.2, 0.25) is 10.0 Å². The lowest BCUT2D eigenvalue weighted by Crippen LogP contribution is -2.34. The maximum absolute atomic E-state index is 12.8. The van der Waals surface area contributed by atoms with E-state index in [9.17, 15) is 14.7 Å². The highest BCUT2D eigenvalue weighted by Gasteiger charge is 2.37. The number of fused-ring (bicyclic) bond motifs is 1. The minimum atomic E-state index is -0.775. The first-order valence-corrected chi connectivity index (χ1v) is 9.60. The Kier molecular flexibility index (Phi) is 6.22. The molecular weight excluding hydrogens is 409 g/mol. The van der Waals surface area contributed by atoms with Crippen molar-refractivity contribution in [2.75, 3.05) is 12.4 Å². The fraction of sp³-hybridized carbons (Fsp3) is 0.200. The SMILES string of the molecule is O=C1C(=O)c2ccccc2C(O)=C1C(NCCCCl)c1ccc(Cl)cc1Cl. The van der Waals surface area contributed by atoms with E-state index < -0.39 is 17.6 Å². The molecule has 7 heteroatoms. The van der Waals surface area contributed by atoms with Gasteiger partial charge in [0.2, 0.25) is 11.6 Å². The lowest BCUT2D eigenvalue weighted by Gasteiger charge is -2.26. The van der Waals surface area contributed by atoms with Crippen molar-refractivity contribution in [3.8, 4) is 0 Å². The average molecular weight is 425 g/mol. The number of ketones is 2. The van der Waals surface area contributed by atoms with Crippen LogP contribution in [0.3, 0.4) is 0 Å². The van der Waals surface area contributed by atoms with Gasteiger partial charge in [-0.15, -0.1) is 11.6 Å². The highest BCUT2D eigenvalue weighted by Crippen LogP contribution is 2.37. The second-order valence-electron chi connectivity index (χ2n) is 6.06. The van der Waals surface area contributed by atoms with Crippen LogP contribution >= 0.6 is 34.8 Å². The van der Waals surface area contributed by atoms with Gasteiger partial charge in [0, 0.05) is 27.1 Å². The van der Waals surface area contributed by atoms with Crippen LogP contribution in [0, 0.1) is 0 Å². The van der Waals surface area contributed by atoms with E-state index in [1.54, 1.807) is 36.4 Å². The number of hydrogen-bond donors (Lipinski definition) is 2. The minimum absolute atomic E-state index is 0.0301. The Balaban J connectivity index is 2.16. The predicted octanol–water partition coefficient (Wildman–Crippen LogP) is 4.99. The first kappa shape index (κ1) is 19.9. The van der Waals surface area contributed by atoms with Gasteiger partial charge in [0.15, 0.2) is 0 Å². The van der Waals surface area contributed by atoms with Gasteiger partial charge in [0.25, 0.3) is 0 Å². The topological polar surface area (TPSA) is 66.4 Å². The number of nitrogens with one attached hydrogen (secondary N) is 1. The Bertz CT molecular complexity index is 940. The van der Waals surface area contributed by atoms with E-state index in [0.717, 1.165) is 0 Å². The van der Waals surface area contributed by atoms with Gasteiger partial charge in [-0.1, -0.05) is 53.5 Å². The summed E-state index contributed by atoms with van der Waals surface area (Å²) < 4.78 is 0. The molecular formula is C20H16Cl3NO3. The normalized spacial score (nSPS) is 15.1. The van der Waals surface area contributed by atoms with Crippen molar-refractivity contribution in [2.45, 2.75) is 12.5 Å². The van der Waals surface area contributed by atoms with Crippen molar-refractivity contribution >= 4 is 52.1 Å². The Labute approximate surface area is 171 Å². The quantitative estimate of drug-likeness (QED) is 0.389. The van der Waals surface area contributed by atoms with E-state index in [1.165, 1.54) is 6.07 Å². The minimum Gasteiger partial charge on any atom is -0.507 e. The van der Waals surface area contributed by atoms with Gasteiger partial charge in [-0.2, -0.15) is 0 Å². The fourth-order valence-electron chi connectivity index (χ4n) is 3.07. The van der Waals surface area contributed by atoms with Crippen molar-refractivity contribution < 1.29 is 14.7 Å². The van der Waals surface area contributed by atoms with Gasteiger partial charge >= 0.3 is 0 Å². The van der Waals surface area contributed by atoms with E-state index >= 15 is 0 Å². The second-order valence-corrected chi connectivity index (χ2v) is 7.28. The van der Waals surface area contributed by atoms with Crippen LogP contribution in [0.1, 0.15) is 33.9 Å². The molecule has 0 aromatic heterocycles. The molecule has 0 saturated heterocycles. The molecule has 0 spiro atoms. The number of halogens is 3. The molecule has 27 heavy (non-hydrogen) atoms. The number of hydrogen-bond acceptors (Lipinski definition) is 4. The summed E-state index contributed by atoms with van der Waals surface area (Å²) in [4.78, 5) is 25.4. The van der Waals surface area contributed by atoms with Crippen molar-refractivity contribution in [1.82, 2.24) is 5.32 Å². The average Bonchev–Trinajstić information content (AvgIpc) is 2.65. The highest BCUT2D eigenvalue weighted by molar-refractivity contribution is 6.52. The third-order valence-corrected chi connectivity index (χ3v) is 5.18. The van der Waals surface area contributed by atoms with Crippen LogP contribution in [0.5, 0.6) is 0 Å². The number of rotatable bonds is 6. The van der Waals surface area contributed by atoms with Gasteiger partial charge in [0.05, 0.1) is 11.6 Å². The largest absolute Gasteiger partial charge is 0.507 e. The molecule has 0 fully saturated rings. The van der Waals surface area contributed by atoms with Gasteiger partial charge in [-0.3, -0.25) is 9.59 Å². The molecule has 2 aromatic carbocycles. The number of aliphatic hydroxyl groups is 1. The smallest absolute Gasteiger partial charge is 0.235 e. The van der Waals surface area contributed by atoms with Crippen molar-refractivity contribution in [3.05, 3.63) is 74.8 Å². The zero-order valence-electron chi connectivity index (χ0n) is 14.1. The molecule has 0 radical (unpaired) electrons. The van der Waals surface area contributed by atoms with Crippen LogP contribution in [-0.4, -0.2) is 29.1 Å². The molecule has 1 aliphatic carbocycles. The molecule has 2 aromatic rings. The summed E-state index contributed by atoms with van der Waals surface area (Å²) in [6, 6.07) is 10.6. The zero-order valence-corrected chi connectivity index (χ0v) is 16.4. The third kappa shape index (κ3) is 3.90. The lowest BCUT2D eigenvalue weighted by molar-refractivity contribution is -0.112. The maximum Gasteiger partial charge on any atom is 0.235 e. The first-order chi connectivity index (χ1) is 13.0. The fourth-order valence-corrected chi connectivity index (χ4v) is 3.72. The Morgan fingerprint density at radius 2 is 1.70 bits per heavy atom. The van der Waals surface area contributed by atoms with E-state index in [-0.39, 0.29) is 16.9 Å². The van der Waals surface area contributed by atoms with Crippen LogP contribution in [0.15, 0.2) is 48.0 Å². The van der Waals surface area contributed by atoms with Crippen LogP contribution in [0.25, 0.3) is 5.76 Å². The Morgan fingerprint density at radius 1 is 1.00 bits per heavy atom. The number of alkyl halides is 1. The predicted molar refractivity (Wildman–Crippen MR) is 108 cm³/mol. The van der Waals surface area contributed by atoms with Gasteiger partial charge in [0.1, 0.15) is 5.76 Å². The zero-order chi connectivity index (χ0) is 19.6. The molecule has 0 heterocycles. The molecule has 1 unspecified atom stereocenters. The summed E-state index contributed by atoms with van der Waals surface area (Å²) in [6.07, 6.45) is 0.635. The number of aliphatic hydroxyl groups excluding tert-OH is 1. The lowest BCUT2D eigenvalue weighted by atomic mass is 9.83. The summed E-state index contributed by atoms with van der Waals surface area (Å²) in [5.41, 5.74) is 1.02. The van der Waals surface area contributed by atoms with Crippen molar-refractivity contribution in [2.24, 2.45) is 0 Å². The maximum atomic E-state index is 12.8. The summed E-state index contributed by atoms with van der Waals surface area (Å²) >= 11 is 18.1. The molecule has 0 amide bonds. The van der Waals surface area contributed by atoms with Crippen LogP contribution in [0.4, 0.5) is 0 Å². The van der Waals surface area contributed by atoms with E-state index in [2.05, 4.69) is 5.32 Å². The molecule has 0 aliphatic heterocycles. The van der Waals surface area contributed by atoms with E-state index in [0.29, 0.717) is 40.0 Å². The number of Topliss-reactive ketones (excluding diaryl/α,β-unsaturated/α-hetero) is 2. The molecule has 3 rings (SSSR count). The van der Waals surface area contributed by atoms with Gasteiger partial charge < -0.3 is 10.4 Å². The molecule has 0 bridgehead atoms. The van der Waals surface area contributed by atoms with Crippen LogP contribution < -0.4 is 5.32 Å². The van der Waals surface area contributed by atoms with Gasteiger partial charge in [-0.25, -0.2) is 0 Å². The van der Waals surface area contributed by atoms with Crippen molar-refractivity contribution in [3.63, 3.8) is 0 Å². The second kappa shape index (κ2) is 8.44. The van der Waals surface area contributed by atoms with E-state index in [4.69, 9.17) is 34.8 Å². The Hall–Kier alpha value is -1.85. The molecule has 0 saturated carbocycles. The van der Waals surface area contributed by atoms with Crippen molar-refractivity contribution in [1.29, 1.82) is 0 Å². The van der Waals surface area contributed by atoms with Crippen LogP contribution in [-0.2, 0) is 4.79 Å². The van der Waals surface area contributed by atoms with Gasteiger partial charge in [-0.05, 0) is 30.7 Å². The monoisotopic (exact) mass is 423 g/mol. The summed E-state index contributed by atoms with van der Waals surface area (Å²) in [5, 5.41) is 14.8. The summed E-state index contributed by atoms with van der Waals surface area (Å²) in [5.74, 6) is -1.23. The first-order valence-electron chi connectivity index (χ1n) is 8.31. The molecule has 1 aliphatic rings. The number of carbonyl (C=O) groups is 2. The molecule has 1 atom stereocenters. The number of benzene rings is 2. The standard InChI is InChI=1S/C20H16Cl3NO3/c21-8-3-9-24-17(14-7-6-11(22)10-15(14)23)16-18(25)12-4-1-2-5-13(12)19(26)20(16)27/h1-2,4-7,10,17,24-25H,3,8-9H2. The highest BCUT2D eigenvalue weighted by atomic mass is 35.5. The molecule has 2 N–H and O–H groups in total. The number of carbonyl (C=O) groups excluding carboxylic acids is 2. The molecule has 140 valence electrons.